The molecule has 0 N–H and O–H groups in total. The molecule has 2 heterocycles. The summed E-state index contributed by atoms with van der Waals surface area (Å²) >= 11 is 2.63. The Balaban J connectivity index is 1.63. The van der Waals surface area contributed by atoms with Crippen LogP contribution < -0.4 is 5.11 Å². The largest absolute Gasteiger partial charge is 0.848 e. The summed E-state index contributed by atoms with van der Waals surface area (Å²) in [6.45, 7) is 11.3. The lowest BCUT2D eigenvalue weighted by Crippen LogP contribution is -2.38. The highest BCUT2D eigenvalue weighted by Crippen LogP contribution is 2.61. The van der Waals surface area contributed by atoms with Crippen molar-refractivity contribution in [2.45, 2.75) is 125 Å². The van der Waals surface area contributed by atoms with Crippen LogP contribution in [0.1, 0.15) is 143 Å². The van der Waals surface area contributed by atoms with Crippen molar-refractivity contribution in [3.8, 4) is 0 Å². The van der Waals surface area contributed by atoms with E-state index in [9.17, 15) is 5.11 Å². The highest BCUT2D eigenvalue weighted by Gasteiger charge is 2.56. The summed E-state index contributed by atoms with van der Waals surface area (Å²) < 4.78 is 7.71. The monoisotopic (exact) mass is 598 g/mol. The number of pyridine rings is 1. The van der Waals surface area contributed by atoms with Crippen molar-refractivity contribution in [1.29, 1.82) is 0 Å². The summed E-state index contributed by atoms with van der Waals surface area (Å²) in [5.41, 5.74) is 8.23. The van der Waals surface area contributed by atoms with Crippen LogP contribution in [0.15, 0.2) is 24.3 Å². The Morgan fingerprint density at radius 2 is 1.81 bits per heavy atom. The van der Waals surface area contributed by atoms with E-state index in [0.717, 1.165) is 36.9 Å². The minimum absolute atomic E-state index is 0.0000670. The molecule has 1 aliphatic heterocycles. The maximum absolute atomic E-state index is 14.0. The third-order valence-electron chi connectivity index (χ3n) is 9.41. The maximum atomic E-state index is 14.0. The molecule has 1 spiro atoms. The number of alkyl halides is 1. The van der Waals surface area contributed by atoms with E-state index in [0.29, 0.717) is 16.3 Å². The van der Waals surface area contributed by atoms with E-state index in [4.69, 9.17) is 9.72 Å². The lowest BCUT2D eigenvalue weighted by atomic mass is 9.70. The molecule has 2 aromatic rings. The molecule has 1 aromatic carbocycles. The first kappa shape index (κ1) is 25.3. The molecule has 4 aliphatic rings. The summed E-state index contributed by atoms with van der Waals surface area (Å²) in [6, 6.07) is 9.04. The van der Waals surface area contributed by atoms with Gasteiger partial charge in [0.2, 0.25) is 0 Å². The molecule has 3 nitrogen and oxygen atoms in total. The van der Waals surface area contributed by atoms with Crippen LogP contribution in [0.5, 0.6) is 0 Å². The first-order valence-corrected chi connectivity index (χ1v) is 15.4. The van der Waals surface area contributed by atoms with Crippen LogP contribution >= 0.6 is 22.6 Å². The van der Waals surface area contributed by atoms with Crippen molar-refractivity contribution in [3.63, 3.8) is 0 Å². The van der Waals surface area contributed by atoms with Gasteiger partial charge < -0.3 is 9.84 Å². The number of aromatic nitrogens is 1. The van der Waals surface area contributed by atoms with Gasteiger partial charge in [0.1, 0.15) is 11.7 Å². The number of rotatable bonds is 2. The molecule has 6 rings (SSSR count). The zero-order valence-corrected chi connectivity index (χ0v) is 24.8. The molecule has 0 saturated heterocycles. The molecule has 1 aromatic heterocycles. The van der Waals surface area contributed by atoms with Gasteiger partial charge in [0.15, 0.2) is 0 Å². The first-order valence-electron chi connectivity index (χ1n) is 14.2. The second-order valence-electron chi connectivity index (χ2n) is 13.8. The molecule has 36 heavy (non-hydrogen) atoms. The summed E-state index contributed by atoms with van der Waals surface area (Å²) in [5.74, 6) is 0.486. The normalized spacial score (nSPS) is 31.7. The van der Waals surface area contributed by atoms with Crippen molar-refractivity contribution >= 4 is 22.6 Å². The Bertz CT molecular complexity index is 1180. The fourth-order valence-electron chi connectivity index (χ4n) is 7.61. The molecule has 194 valence electrons. The van der Waals surface area contributed by atoms with Crippen LogP contribution in [0.4, 0.5) is 0 Å². The maximum Gasteiger partial charge on any atom is 0.111 e. The van der Waals surface area contributed by atoms with E-state index >= 15 is 0 Å². The topological polar surface area (TPSA) is 45.2 Å². The van der Waals surface area contributed by atoms with E-state index in [1.807, 2.05) is 0 Å². The van der Waals surface area contributed by atoms with Crippen LogP contribution in [-0.4, -0.2) is 8.91 Å². The minimum Gasteiger partial charge on any atom is -0.848 e. The number of halogens is 1. The molecule has 2 saturated carbocycles. The number of fused-ring (bicyclic) bond motifs is 4. The summed E-state index contributed by atoms with van der Waals surface area (Å²) in [6.07, 6.45) is 9.03. The summed E-state index contributed by atoms with van der Waals surface area (Å²) in [5, 5.41) is 14.0. The van der Waals surface area contributed by atoms with Gasteiger partial charge in [-0.1, -0.05) is 107 Å². The van der Waals surface area contributed by atoms with E-state index in [1.54, 1.807) is 0 Å². The van der Waals surface area contributed by atoms with Gasteiger partial charge in [-0.25, -0.2) is 0 Å². The van der Waals surface area contributed by atoms with Gasteiger partial charge in [-0.3, -0.25) is 4.98 Å². The van der Waals surface area contributed by atoms with Gasteiger partial charge in [0.25, 0.3) is 0 Å². The predicted molar refractivity (Wildman–Crippen MR) is 152 cm³/mol. The lowest BCUT2D eigenvalue weighted by molar-refractivity contribution is -0.434. The average molecular weight is 599 g/mol. The minimum atomic E-state index is -0.716. The van der Waals surface area contributed by atoms with Crippen molar-refractivity contribution in [3.05, 3.63) is 63.5 Å². The molecule has 0 amide bonds. The molecular weight excluding hydrogens is 557 g/mol. The SMILES string of the molecule is CC1(C)Cc2nc(C3CCCC3)c3c(c2C([O-])C1)C1(CCCC1I)O[C@@H]3c1cccc(C(C)(C)C)c1. The van der Waals surface area contributed by atoms with Gasteiger partial charge in [-0.05, 0) is 71.6 Å². The van der Waals surface area contributed by atoms with Crippen LogP contribution in [0.25, 0.3) is 0 Å². The molecule has 0 bridgehead atoms. The lowest BCUT2D eigenvalue weighted by Gasteiger charge is -2.43. The predicted octanol–water partition coefficient (Wildman–Crippen LogP) is 7.71. The molecule has 0 radical (unpaired) electrons. The Morgan fingerprint density at radius 1 is 1.06 bits per heavy atom. The van der Waals surface area contributed by atoms with Gasteiger partial charge in [0.05, 0.1) is 5.69 Å². The Hall–Kier alpha value is -0.980. The number of ether oxygens (including phenoxy) is 1. The zero-order chi connectivity index (χ0) is 25.5. The molecule has 3 unspecified atom stereocenters. The highest BCUT2D eigenvalue weighted by molar-refractivity contribution is 14.1. The zero-order valence-electron chi connectivity index (χ0n) is 22.6. The van der Waals surface area contributed by atoms with Crippen molar-refractivity contribution < 1.29 is 9.84 Å². The van der Waals surface area contributed by atoms with Gasteiger partial charge in [-0.2, -0.15) is 0 Å². The molecule has 4 atom stereocenters. The molecular formula is C32H41INO2-. The average Bonchev–Trinajstić information content (AvgIpc) is 3.53. The smallest absolute Gasteiger partial charge is 0.111 e. The number of nitrogens with zero attached hydrogens (tertiary/aromatic N) is 1. The standard InChI is InChI=1S/C32H41INO2/c1-30(2,3)21-13-8-12-20(16-21)29-26-27(32(36-29)15-9-14-24(32)33)25-22(17-31(4,5)18-23(25)35)34-28(26)19-10-6-7-11-19/h8,12-13,16,19,23-24,29H,6-7,9-11,14-15,17-18H2,1-5H3/q-1/t23?,24?,29-,32?/m1/s1. The fourth-order valence-corrected chi connectivity index (χ4v) is 8.82. The number of benzene rings is 1. The number of hydrogen-bond acceptors (Lipinski definition) is 3. The third kappa shape index (κ3) is 4.00. The summed E-state index contributed by atoms with van der Waals surface area (Å²) in [4.78, 5) is 5.46. The second kappa shape index (κ2) is 8.77. The van der Waals surface area contributed by atoms with Gasteiger partial charge in [0, 0.05) is 21.1 Å². The van der Waals surface area contributed by atoms with Crippen molar-refractivity contribution in [2.24, 2.45) is 5.41 Å². The third-order valence-corrected chi connectivity index (χ3v) is 11.0. The Morgan fingerprint density at radius 3 is 2.47 bits per heavy atom. The summed E-state index contributed by atoms with van der Waals surface area (Å²) in [7, 11) is 0. The number of hydrogen-bond donors (Lipinski definition) is 0. The molecule has 3 aliphatic carbocycles. The van der Waals surface area contributed by atoms with Crippen molar-refractivity contribution in [1.82, 2.24) is 4.98 Å². The molecule has 2 fully saturated rings. The Kier molecular flexibility index (Phi) is 6.17. The van der Waals surface area contributed by atoms with Crippen LogP contribution in [-0.2, 0) is 22.2 Å². The Labute approximate surface area is 231 Å². The van der Waals surface area contributed by atoms with E-state index in [2.05, 4.69) is 81.5 Å². The first-order chi connectivity index (χ1) is 17.0. The molecule has 4 heteroatoms. The van der Waals surface area contributed by atoms with Crippen molar-refractivity contribution in [2.75, 3.05) is 0 Å². The van der Waals surface area contributed by atoms with Gasteiger partial charge in [-0.15, -0.1) is 0 Å². The fraction of sp³-hybridized carbons (Fsp3) is 0.656. The second-order valence-corrected chi connectivity index (χ2v) is 15.3. The van der Waals surface area contributed by atoms with E-state index in [1.165, 1.54) is 53.6 Å². The van der Waals surface area contributed by atoms with E-state index in [-0.39, 0.29) is 22.5 Å². The van der Waals surface area contributed by atoms with Crippen LogP contribution in [0, 0.1) is 5.41 Å². The van der Waals surface area contributed by atoms with Gasteiger partial charge >= 0.3 is 0 Å². The quantitative estimate of drug-likeness (QED) is 0.263. The van der Waals surface area contributed by atoms with E-state index < -0.39 is 6.10 Å². The highest BCUT2D eigenvalue weighted by atomic mass is 127. The van der Waals surface area contributed by atoms with Crippen LogP contribution in [0.3, 0.4) is 0 Å². The van der Waals surface area contributed by atoms with Crippen LogP contribution in [0.2, 0.25) is 0 Å².